The van der Waals surface area contributed by atoms with E-state index in [4.69, 9.17) is 0 Å². The van der Waals surface area contributed by atoms with Crippen molar-refractivity contribution in [3.8, 4) is 0 Å². The second-order valence-corrected chi connectivity index (χ2v) is 11.2. The molecule has 5 aliphatic rings. The van der Waals surface area contributed by atoms with E-state index in [0.29, 0.717) is 37.0 Å². The zero-order chi connectivity index (χ0) is 24.3. The summed E-state index contributed by atoms with van der Waals surface area (Å²) >= 11 is 0. The molecule has 1 aromatic heterocycles. The third-order valence-corrected chi connectivity index (χ3v) is 9.36. The van der Waals surface area contributed by atoms with Gasteiger partial charge in [0.25, 0.3) is 5.91 Å². The standard InChI is InChI=1S/C26H34N4O5/c31-12-21(32)19(9-15-6-7-27-24(15)33)29-25(34)23-17-3-1-2-16(17)11-30(23)26(35)20-10-18-13-4-5-14(8-13)22(18)28-20/h10,13-17,19,23,28,31H,1-9,11-12H2,(H,27,33)(H,29,34)/t13?,14?,15-,16-,17-,19?,23-/m0/s1. The van der Waals surface area contributed by atoms with Gasteiger partial charge in [0.15, 0.2) is 5.78 Å². The molecular weight excluding hydrogens is 448 g/mol. The van der Waals surface area contributed by atoms with Crippen molar-refractivity contribution < 1.29 is 24.3 Å². The second kappa shape index (κ2) is 8.76. The van der Waals surface area contributed by atoms with Crippen LogP contribution in [0.3, 0.4) is 0 Å². The Morgan fingerprint density at radius 3 is 2.71 bits per heavy atom. The normalized spacial score (nSPS) is 33.5. The van der Waals surface area contributed by atoms with E-state index < -0.39 is 24.5 Å². The molecule has 0 radical (unpaired) electrons. The SMILES string of the molecule is O=C(CO)C(C[C@@H]1CCNC1=O)NC(=O)[C@@H]1[C@H]2CCC[C@H]2CN1C(=O)c1cc2c([nH]1)C1CCC2C1. The maximum absolute atomic E-state index is 13.7. The second-order valence-electron chi connectivity index (χ2n) is 11.2. The molecule has 188 valence electrons. The Kier molecular flexibility index (Phi) is 5.70. The van der Waals surface area contributed by atoms with E-state index in [1.54, 1.807) is 4.90 Å². The van der Waals surface area contributed by atoms with Gasteiger partial charge < -0.3 is 25.6 Å². The summed E-state index contributed by atoms with van der Waals surface area (Å²) in [6.45, 7) is 0.394. The van der Waals surface area contributed by atoms with E-state index in [1.165, 1.54) is 30.5 Å². The molecule has 6 rings (SSSR count). The van der Waals surface area contributed by atoms with E-state index in [-0.39, 0.29) is 41.9 Å². The van der Waals surface area contributed by atoms with Crippen molar-refractivity contribution >= 4 is 23.5 Å². The fourth-order valence-corrected chi connectivity index (χ4v) is 7.60. The topological polar surface area (TPSA) is 132 Å². The maximum atomic E-state index is 13.7. The number of aromatic amines is 1. The smallest absolute Gasteiger partial charge is 0.270 e. The van der Waals surface area contributed by atoms with Gasteiger partial charge in [-0.3, -0.25) is 19.2 Å². The maximum Gasteiger partial charge on any atom is 0.270 e. The molecule has 3 unspecified atom stereocenters. The molecule has 0 spiro atoms. The number of amides is 3. The number of likely N-dealkylation sites (tertiary alicyclic amines) is 1. The summed E-state index contributed by atoms with van der Waals surface area (Å²) in [6.07, 6.45) is 7.19. The first kappa shape index (κ1) is 22.8. The fourth-order valence-electron chi connectivity index (χ4n) is 7.60. The number of hydrogen-bond donors (Lipinski definition) is 4. The molecule has 2 saturated heterocycles. The number of H-pyrrole nitrogens is 1. The van der Waals surface area contributed by atoms with Gasteiger partial charge in [0, 0.05) is 24.7 Å². The molecule has 3 heterocycles. The summed E-state index contributed by atoms with van der Waals surface area (Å²) < 4.78 is 0. The lowest BCUT2D eigenvalue weighted by atomic mass is 9.92. The average Bonchev–Trinajstić information content (AvgIpc) is 3.66. The summed E-state index contributed by atoms with van der Waals surface area (Å²) in [5, 5.41) is 15.1. The summed E-state index contributed by atoms with van der Waals surface area (Å²) in [5.41, 5.74) is 3.04. The van der Waals surface area contributed by atoms with Crippen LogP contribution in [0.25, 0.3) is 0 Å². The Morgan fingerprint density at radius 2 is 1.97 bits per heavy atom. The number of fused-ring (bicyclic) bond motifs is 6. The van der Waals surface area contributed by atoms with Crippen LogP contribution >= 0.6 is 0 Å². The quantitative estimate of drug-likeness (QED) is 0.464. The lowest BCUT2D eigenvalue weighted by Crippen LogP contribution is -2.53. The molecule has 9 nitrogen and oxygen atoms in total. The van der Waals surface area contributed by atoms with Crippen molar-refractivity contribution in [2.75, 3.05) is 19.7 Å². The molecule has 3 aliphatic carbocycles. The molecule has 4 N–H and O–H groups in total. The third-order valence-electron chi connectivity index (χ3n) is 9.36. The van der Waals surface area contributed by atoms with Gasteiger partial charge in [-0.1, -0.05) is 6.42 Å². The van der Waals surface area contributed by atoms with E-state index >= 15 is 0 Å². The highest BCUT2D eigenvalue weighted by molar-refractivity contribution is 5.99. The Bertz CT molecular complexity index is 1040. The number of nitrogens with one attached hydrogen (secondary N) is 3. The minimum absolute atomic E-state index is 0.0663. The summed E-state index contributed by atoms with van der Waals surface area (Å²) in [6, 6.07) is 0.418. The molecule has 4 fully saturated rings. The monoisotopic (exact) mass is 482 g/mol. The highest BCUT2D eigenvalue weighted by Gasteiger charge is 2.50. The van der Waals surface area contributed by atoms with Crippen molar-refractivity contribution in [2.45, 2.75) is 75.3 Å². The number of aliphatic hydroxyl groups excluding tert-OH is 1. The van der Waals surface area contributed by atoms with Crippen LogP contribution in [-0.2, 0) is 14.4 Å². The predicted molar refractivity (Wildman–Crippen MR) is 126 cm³/mol. The van der Waals surface area contributed by atoms with Gasteiger partial charge in [-0.25, -0.2) is 0 Å². The predicted octanol–water partition coefficient (Wildman–Crippen LogP) is 1.19. The Hall–Kier alpha value is -2.68. The van der Waals surface area contributed by atoms with Gasteiger partial charge in [-0.2, -0.15) is 0 Å². The van der Waals surface area contributed by atoms with E-state index in [0.717, 1.165) is 19.3 Å². The number of hydrogen-bond acceptors (Lipinski definition) is 5. The Labute approximate surface area is 204 Å². The van der Waals surface area contributed by atoms with Gasteiger partial charge >= 0.3 is 0 Å². The molecule has 9 heteroatoms. The number of Topliss-reactive ketones (excluding diaryl/α,β-unsaturated/α-hetero) is 1. The minimum Gasteiger partial charge on any atom is -0.389 e. The van der Waals surface area contributed by atoms with Crippen LogP contribution in [0, 0.1) is 17.8 Å². The van der Waals surface area contributed by atoms with Crippen molar-refractivity contribution in [1.82, 2.24) is 20.5 Å². The fraction of sp³-hybridized carbons (Fsp3) is 0.692. The van der Waals surface area contributed by atoms with E-state index in [2.05, 4.69) is 15.6 Å². The zero-order valence-corrected chi connectivity index (χ0v) is 19.9. The minimum atomic E-state index is -0.941. The highest BCUT2D eigenvalue weighted by atomic mass is 16.3. The first-order valence-electron chi connectivity index (χ1n) is 13.2. The van der Waals surface area contributed by atoms with E-state index in [1.807, 2.05) is 6.07 Å². The van der Waals surface area contributed by atoms with E-state index in [9.17, 15) is 24.3 Å². The Morgan fingerprint density at radius 1 is 1.14 bits per heavy atom. The largest absolute Gasteiger partial charge is 0.389 e. The molecule has 7 atom stereocenters. The lowest BCUT2D eigenvalue weighted by Gasteiger charge is -2.29. The van der Waals surface area contributed by atoms with Crippen LogP contribution < -0.4 is 10.6 Å². The van der Waals surface area contributed by atoms with Gasteiger partial charge in [-0.05, 0) is 80.2 Å². The van der Waals surface area contributed by atoms with Crippen molar-refractivity contribution in [3.63, 3.8) is 0 Å². The molecule has 35 heavy (non-hydrogen) atoms. The van der Waals surface area contributed by atoms with Crippen molar-refractivity contribution in [2.24, 2.45) is 17.8 Å². The molecule has 0 aromatic carbocycles. The number of nitrogens with zero attached hydrogens (tertiary/aromatic N) is 1. The molecule has 3 amide bonds. The number of rotatable bonds is 7. The molecule has 2 aliphatic heterocycles. The number of aromatic nitrogens is 1. The van der Waals surface area contributed by atoms with Gasteiger partial charge in [0.1, 0.15) is 18.3 Å². The van der Waals surface area contributed by atoms with Crippen molar-refractivity contribution in [1.29, 1.82) is 0 Å². The molecule has 2 saturated carbocycles. The number of ketones is 1. The number of carbonyl (C=O) groups is 4. The Balaban J connectivity index is 1.22. The van der Waals surface area contributed by atoms with Crippen LogP contribution in [0.5, 0.6) is 0 Å². The van der Waals surface area contributed by atoms with Crippen LogP contribution in [0.2, 0.25) is 0 Å². The van der Waals surface area contributed by atoms with Crippen LogP contribution in [0.4, 0.5) is 0 Å². The third kappa shape index (κ3) is 3.79. The lowest BCUT2D eigenvalue weighted by molar-refractivity contribution is -0.133. The summed E-state index contributed by atoms with van der Waals surface area (Å²) in [7, 11) is 0. The van der Waals surface area contributed by atoms with Crippen molar-refractivity contribution in [3.05, 3.63) is 23.0 Å². The molecule has 2 bridgehead atoms. The summed E-state index contributed by atoms with van der Waals surface area (Å²) in [4.78, 5) is 57.0. The molecular formula is C26H34N4O5. The average molecular weight is 483 g/mol. The first-order chi connectivity index (χ1) is 16.9. The van der Waals surface area contributed by atoms with Gasteiger partial charge in [0.2, 0.25) is 11.8 Å². The first-order valence-corrected chi connectivity index (χ1v) is 13.2. The number of carbonyl (C=O) groups excluding carboxylic acids is 4. The number of aliphatic hydroxyl groups is 1. The highest BCUT2D eigenvalue weighted by Crippen LogP contribution is 2.53. The van der Waals surface area contributed by atoms with Gasteiger partial charge in [-0.15, -0.1) is 0 Å². The summed E-state index contributed by atoms with van der Waals surface area (Å²) in [5.74, 6) is -0.0874. The zero-order valence-electron chi connectivity index (χ0n) is 19.9. The van der Waals surface area contributed by atoms with Gasteiger partial charge in [0.05, 0.1) is 6.04 Å². The van der Waals surface area contributed by atoms with Crippen LogP contribution in [0.15, 0.2) is 6.07 Å². The van der Waals surface area contributed by atoms with Crippen LogP contribution in [0.1, 0.15) is 84.9 Å². The molecule has 1 aromatic rings. The van der Waals surface area contributed by atoms with Crippen LogP contribution in [-0.4, -0.2) is 70.3 Å².